The van der Waals surface area contributed by atoms with Gasteiger partial charge < -0.3 is 0 Å². The fourth-order valence-corrected chi connectivity index (χ4v) is 4.72. The van der Waals surface area contributed by atoms with E-state index in [1.54, 1.807) is 12.1 Å². The van der Waals surface area contributed by atoms with Crippen LogP contribution in [0.1, 0.15) is 25.7 Å². The Bertz CT molecular complexity index is 553. The van der Waals surface area contributed by atoms with Gasteiger partial charge in [-0.25, -0.2) is 4.72 Å². The zero-order chi connectivity index (χ0) is 15.1. The van der Waals surface area contributed by atoms with Gasteiger partial charge in [0.1, 0.15) is 0 Å². The van der Waals surface area contributed by atoms with Crippen LogP contribution in [0.5, 0.6) is 0 Å². The van der Waals surface area contributed by atoms with E-state index in [1.807, 2.05) is 18.2 Å². The molecule has 0 bridgehead atoms. The molecule has 1 fully saturated rings. The molecule has 0 aromatic heterocycles. The molecule has 1 aliphatic heterocycles. The van der Waals surface area contributed by atoms with E-state index in [9.17, 15) is 12.6 Å². The van der Waals surface area contributed by atoms with Crippen LogP contribution in [0.25, 0.3) is 0 Å². The minimum absolute atomic E-state index is 0.195. The molecule has 1 N–H and O–H groups in total. The van der Waals surface area contributed by atoms with Gasteiger partial charge in [0, 0.05) is 30.3 Å². The third kappa shape index (κ3) is 5.18. The van der Waals surface area contributed by atoms with Crippen molar-refractivity contribution in [2.75, 3.05) is 25.4 Å². The van der Waals surface area contributed by atoms with E-state index in [0.29, 0.717) is 13.1 Å². The van der Waals surface area contributed by atoms with Crippen molar-refractivity contribution in [2.24, 2.45) is 0 Å². The molecule has 5 nitrogen and oxygen atoms in total. The first-order chi connectivity index (χ1) is 10.1. The second kappa shape index (κ2) is 8.03. The average molecular weight is 330 g/mol. The van der Waals surface area contributed by atoms with Crippen LogP contribution in [0.15, 0.2) is 35.2 Å². The van der Waals surface area contributed by atoms with Crippen molar-refractivity contribution in [1.82, 2.24) is 9.03 Å². The van der Waals surface area contributed by atoms with Crippen LogP contribution in [0, 0.1) is 0 Å². The first-order valence-electron chi connectivity index (χ1n) is 7.28. The molecule has 7 heteroatoms. The minimum Gasteiger partial charge on any atom is -0.254 e. The largest absolute Gasteiger partial charge is 0.279 e. The average Bonchev–Trinajstić information content (AvgIpc) is 2.77. The van der Waals surface area contributed by atoms with Crippen LogP contribution in [-0.4, -0.2) is 42.3 Å². The lowest BCUT2D eigenvalue weighted by atomic mass is 10.2. The van der Waals surface area contributed by atoms with Gasteiger partial charge in [0.25, 0.3) is 10.2 Å². The Morgan fingerprint density at radius 1 is 1.05 bits per heavy atom. The summed E-state index contributed by atoms with van der Waals surface area (Å²) in [7, 11) is -4.61. The molecule has 0 radical (unpaired) electrons. The second-order valence-electron chi connectivity index (χ2n) is 5.08. The van der Waals surface area contributed by atoms with Crippen molar-refractivity contribution in [3.63, 3.8) is 0 Å². The molecule has 0 aliphatic carbocycles. The molecule has 118 valence electrons. The van der Waals surface area contributed by atoms with Crippen LogP contribution < -0.4 is 4.72 Å². The van der Waals surface area contributed by atoms with Gasteiger partial charge in [0.05, 0.1) is 10.8 Å². The molecule has 1 aromatic rings. The third-order valence-corrected chi connectivity index (χ3v) is 6.47. The highest BCUT2D eigenvalue weighted by atomic mass is 32.2. The Morgan fingerprint density at radius 3 is 2.29 bits per heavy atom. The van der Waals surface area contributed by atoms with Gasteiger partial charge in [0.15, 0.2) is 0 Å². The highest BCUT2D eigenvalue weighted by Crippen LogP contribution is 2.12. The summed E-state index contributed by atoms with van der Waals surface area (Å²) in [6, 6.07) is 9.10. The van der Waals surface area contributed by atoms with Gasteiger partial charge in [-0.1, -0.05) is 31.0 Å². The SMILES string of the molecule is O=[S@@](CCNS(=O)(=O)N1CCCCCC1)c1ccccc1. The Labute approximate surface area is 129 Å². The Morgan fingerprint density at radius 2 is 1.67 bits per heavy atom. The third-order valence-electron chi connectivity index (χ3n) is 3.48. The fourth-order valence-electron chi connectivity index (χ4n) is 2.33. The van der Waals surface area contributed by atoms with Crippen LogP contribution in [0.4, 0.5) is 0 Å². The van der Waals surface area contributed by atoms with Gasteiger partial charge in [-0.05, 0) is 25.0 Å². The smallest absolute Gasteiger partial charge is 0.254 e. The van der Waals surface area contributed by atoms with E-state index in [4.69, 9.17) is 0 Å². The van der Waals surface area contributed by atoms with Gasteiger partial charge in [-0.15, -0.1) is 0 Å². The minimum atomic E-state index is -3.44. The quantitative estimate of drug-likeness (QED) is 0.860. The molecule has 0 unspecified atom stereocenters. The van der Waals surface area contributed by atoms with Crippen LogP contribution in [0.3, 0.4) is 0 Å². The number of nitrogens with zero attached hydrogens (tertiary/aromatic N) is 1. The molecule has 0 spiro atoms. The van der Waals surface area contributed by atoms with Crippen molar-refractivity contribution in [3.8, 4) is 0 Å². The maximum absolute atomic E-state index is 12.2. The maximum Gasteiger partial charge on any atom is 0.279 e. The number of hydrogen-bond donors (Lipinski definition) is 1. The molecule has 1 heterocycles. The number of hydrogen-bond acceptors (Lipinski definition) is 3. The molecule has 1 atom stereocenters. The predicted molar refractivity (Wildman–Crippen MR) is 84.7 cm³/mol. The van der Waals surface area contributed by atoms with Crippen molar-refractivity contribution in [1.29, 1.82) is 0 Å². The lowest BCUT2D eigenvalue weighted by Crippen LogP contribution is -2.42. The topological polar surface area (TPSA) is 66.5 Å². The van der Waals surface area contributed by atoms with Gasteiger partial charge in [-0.2, -0.15) is 12.7 Å². The van der Waals surface area contributed by atoms with E-state index < -0.39 is 21.0 Å². The normalized spacial score (nSPS) is 19.0. The molecule has 0 saturated carbocycles. The van der Waals surface area contributed by atoms with E-state index in [-0.39, 0.29) is 12.3 Å². The van der Waals surface area contributed by atoms with E-state index in [0.717, 1.165) is 30.6 Å². The van der Waals surface area contributed by atoms with Gasteiger partial charge >= 0.3 is 0 Å². The summed E-state index contributed by atoms with van der Waals surface area (Å²) >= 11 is 0. The molecule has 21 heavy (non-hydrogen) atoms. The van der Waals surface area contributed by atoms with Crippen molar-refractivity contribution in [2.45, 2.75) is 30.6 Å². The zero-order valence-corrected chi connectivity index (χ0v) is 13.7. The molecular formula is C14H22N2O3S2. The van der Waals surface area contributed by atoms with Gasteiger partial charge in [-0.3, -0.25) is 4.21 Å². The lowest BCUT2D eigenvalue weighted by Gasteiger charge is -2.20. The lowest BCUT2D eigenvalue weighted by molar-refractivity contribution is 0.416. The first-order valence-corrected chi connectivity index (χ1v) is 10.0. The Hall–Kier alpha value is -0.760. The highest BCUT2D eigenvalue weighted by molar-refractivity contribution is 7.87. The number of rotatable bonds is 6. The predicted octanol–water partition coefficient (Wildman–Crippen LogP) is 1.50. The second-order valence-corrected chi connectivity index (χ2v) is 8.40. The molecule has 0 amide bonds. The summed E-state index contributed by atoms with van der Waals surface area (Å²) in [5.74, 6) is 0.289. The molecule has 1 saturated heterocycles. The first kappa shape index (κ1) is 16.6. The van der Waals surface area contributed by atoms with Crippen LogP contribution >= 0.6 is 0 Å². The summed E-state index contributed by atoms with van der Waals surface area (Å²) in [6.45, 7) is 1.36. The summed E-state index contributed by atoms with van der Waals surface area (Å²) in [5.41, 5.74) is 0. The van der Waals surface area contributed by atoms with Crippen LogP contribution in [0.2, 0.25) is 0 Å². The molecule has 1 aromatic carbocycles. The summed E-state index contributed by atoms with van der Waals surface area (Å²) in [6.07, 6.45) is 4.00. The van der Waals surface area contributed by atoms with Crippen molar-refractivity contribution >= 4 is 21.0 Å². The number of benzene rings is 1. The molecular weight excluding hydrogens is 308 g/mol. The Balaban J connectivity index is 1.83. The maximum atomic E-state index is 12.2. The standard InChI is InChI=1S/C14H22N2O3S2/c17-20(14-8-4-3-5-9-14)13-10-15-21(18,19)16-11-6-1-2-7-12-16/h3-5,8-9,15H,1-2,6-7,10-13H2/t20-/m0/s1. The summed E-state index contributed by atoms with van der Waals surface area (Å²) in [5, 5.41) is 0. The van der Waals surface area contributed by atoms with Gasteiger partial charge in [0.2, 0.25) is 0 Å². The monoisotopic (exact) mass is 330 g/mol. The zero-order valence-electron chi connectivity index (χ0n) is 12.0. The van der Waals surface area contributed by atoms with E-state index >= 15 is 0 Å². The Kier molecular flexibility index (Phi) is 6.35. The van der Waals surface area contributed by atoms with E-state index in [2.05, 4.69) is 4.72 Å². The van der Waals surface area contributed by atoms with E-state index in [1.165, 1.54) is 4.31 Å². The van der Waals surface area contributed by atoms with Crippen LogP contribution in [-0.2, 0) is 21.0 Å². The number of nitrogens with one attached hydrogen (secondary N) is 1. The fraction of sp³-hybridized carbons (Fsp3) is 0.571. The molecule has 1 aliphatic rings. The molecule has 2 rings (SSSR count). The highest BCUT2D eigenvalue weighted by Gasteiger charge is 2.22. The summed E-state index contributed by atoms with van der Waals surface area (Å²) < 4.78 is 40.4. The summed E-state index contributed by atoms with van der Waals surface area (Å²) in [4.78, 5) is 0.728. The van der Waals surface area contributed by atoms with Crippen molar-refractivity contribution < 1.29 is 12.6 Å². The van der Waals surface area contributed by atoms with Crippen molar-refractivity contribution in [3.05, 3.63) is 30.3 Å².